The monoisotopic (exact) mass is 401 g/mol. The molecule has 0 heterocycles. The van der Waals surface area contributed by atoms with Crippen LogP contribution in [0.1, 0.15) is 20.7 Å². The van der Waals surface area contributed by atoms with Gasteiger partial charge in [-0.15, -0.1) is 0 Å². The Bertz CT molecular complexity index is 733. The van der Waals surface area contributed by atoms with Crippen LogP contribution in [0.2, 0.25) is 0 Å². The molecule has 2 aromatic rings. The molecular weight excluding hydrogens is 392 g/mol. The molecule has 5 nitrogen and oxygen atoms in total. The Hall–Kier alpha value is -2.16. The lowest BCUT2D eigenvalue weighted by atomic mass is 10.1. The molecule has 2 aromatic carbocycles. The number of carbonyl (C=O) groups excluding carboxylic acids is 1. The number of benzene rings is 2. The van der Waals surface area contributed by atoms with E-state index in [0.29, 0.717) is 3.57 Å². The number of phenols is 1. The number of carboxylic acid groups (broad SMARTS) is 1. The Balaban J connectivity index is 2.23. The predicted octanol–water partition coefficient (Wildman–Crippen LogP) is 3.09. The number of rotatable bonds is 3. The van der Waals surface area contributed by atoms with E-state index in [-0.39, 0.29) is 22.6 Å². The Labute approximate surface area is 132 Å². The van der Waals surface area contributed by atoms with Gasteiger partial charge in [-0.1, -0.05) is 0 Å². The molecule has 7 heteroatoms. The van der Waals surface area contributed by atoms with E-state index in [1.165, 1.54) is 24.3 Å². The van der Waals surface area contributed by atoms with E-state index >= 15 is 0 Å². The summed E-state index contributed by atoms with van der Waals surface area (Å²) in [6.07, 6.45) is 0. The van der Waals surface area contributed by atoms with Crippen molar-refractivity contribution in [3.63, 3.8) is 0 Å². The Morgan fingerprint density at radius 3 is 2.33 bits per heavy atom. The quantitative estimate of drug-likeness (QED) is 0.691. The summed E-state index contributed by atoms with van der Waals surface area (Å²) in [6, 6.07) is 7.48. The van der Waals surface area contributed by atoms with Gasteiger partial charge < -0.3 is 15.5 Å². The van der Waals surface area contributed by atoms with Gasteiger partial charge in [0.2, 0.25) is 0 Å². The third-order valence-electron chi connectivity index (χ3n) is 2.67. The van der Waals surface area contributed by atoms with Gasteiger partial charge in [0.15, 0.2) is 0 Å². The molecule has 0 fully saturated rings. The maximum absolute atomic E-state index is 13.7. The maximum Gasteiger partial charge on any atom is 0.335 e. The van der Waals surface area contributed by atoms with Crippen LogP contribution in [0.15, 0.2) is 36.4 Å². The zero-order valence-corrected chi connectivity index (χ0v) is 12.6. The first-order valence-corrected chi connectivity index (χ1v) is 6.79. The number of hydrogen-bond acceptors (Lipinski definition) is 3. The zero-order chi connectivity index (χ0) is 15.6. The minimum absolute atomic E-state index is 0.0510. The number of halogens is 2. The summed E-state index contributed by atoms with van der Waals surface area (Å²) < 4.78 is 14.3. The molecule has 0 aliphatic carbocycles. The number of nitrogens with one attached hydrogen (secondary N) is 1. The molecule has 0 aromatic heterocycles. The number of phenolic OH excluding ortho intramolecular Hbond substituents is 1. The molecule has 108 valence electrons. The molecule has 0 saturated heterocycles. The Kier molecular flexibility index (Phi) is 4.41. The van der Waals surface area contributed by atoms with Crippen LogP contribution in [0.25, 0.3) is 0 Å². The van der Waals surface area contributed by atoms with Crippen molar-refractivity contribution in [2.75, 3.05) is 5.32 Å². The first-order chi connectivity index (χ1) is 9.88. The van der Waals surface area contributed by atoms with Crippen molar-refractivity contribution < 1.29 is 24.2 Å². The summed E-state index contributed by atoms with van der Waals surface area (Å²) in [7, 11) is 0. The normalized spacial score (nSPS) is 10.2. The third kappa shape index (κ3) is 3.48. The predicted molar refractivity (Wildman–Crippen MR) is 82.1 cm³/mol. The van der Waals surface area contributed by atoms with Gasteiger partial charge in [-0.25, -0.2) is 9.18 Å². The van der Waals surface area contributed by atoms with Crippen LogP contribution in [0, 0.1) is 9.39 Å². The molecule has 0 spiro atoms. The summed E-state index contributed by atoms with van der Waals surface area (Å²) in [5.41, 5.74) is -0.185. The van der Waals surface area contributed by atoms with E-state index in [1.54, 1.807) is 6.07 Å². The minimum Gasteiger partial charge on any atom is -0.507 e. The van der Waals surface area contributed by atoms with Crippen molar-refractivity contribution in [3.05, 3.63) is 56.9 Å². The van der Waals surface area contributed by atoms with Crippen LogP contribution in [-0.4, -0.2) is 22.1 Å². The zero-order valence-electron chi connectivity index (χ0n) is 10.4. The molecule has 3 N–H and O–H groups in total. The molecule has 0 aliphatic heterocycles. The molecule has 0 unspecified atom stereocenters. The molecule has 0 atom stereocenters. The summed E-state index contributed by atoms with van der Waals surface area (Å²) in [5.74, 6) is -2.76. The van der Waals surface area contributed by atoms with Gasteiger partial charge in [-0.2, -0.15) is 0 Å². The van der Waals surface area contributed by atoms with Crippen molar-refractivity contribution in [1.82, 2.24) is 0 Å². The van der Waals surface area contributed by atoms with E-state index in [0.717, 1.165) is 6.07 Å². The lowest BCUT2D eigenvalue weighted by molar-refractivity contribution is 0.0696. The molecule has 0 bridgehead atoms. The number of aromatic hydroxyl groups is 1. The van der Waals surface area contributed by atoms with Gasteiger partial charge in [0.1, 0.15) is 11.6 Å². The van der Waals surface area contributed by atoms with Crippen LogP contribution in [0.4, 0.5) is 10.1 Å². The van der Waals surface area contributed by atoms with Crippen LogP contribution in [-0.2, 0) is 0 Å². The van der Waals surface area contributed by atoms with E-state index in [2.05, 4.69) is 5.32 Å². The van der Waals surface area contributed by atoms with Crippen molar-refractivity contribution in [3.8, 4) is 5.75 Å². The van der Waals surface area contributed by atoms with E-state index in [1.807, 2.05) is 22.6 Å². The number of carboxylic acids is 1. The summed E-state index contributed by atoms with van der Waals surface area (Å²) in [6.45, 7) is 0. The number of aromatic carboxylic acids is 1. The van der Waals surface area contributed by atoms with Crippen LogP contribution < -0.4 is 5.32 Å². The van der Waals surface area contributed by atoms with Crippen LogP contribution in [0.3, 0.4) is 0 Å². The third-order valence-corrected chi connectivity index (χ3v) is 3.58. The SMILES string of the molecule is O=C(O)c1ccc(NC(=O)c2ccc(I)c(O)c2)c(F)c1. The molecule has 21 heavy (non-hydrogen) atoms. The highest BCUT2D eigenvalue weighted by Crippen LogP contribution is 2.22. The van der Waals surface area contributed by atoms with Gasteiger partial charge in [-0.3, -0.25) is 4.79 Å². The standard InChI is InChI=1S/C14H9FINO4/c15-9-5-8(14(20)21)2-4-11(9)17-13(19)7-1-3-10(16)12(18)6-7/h1-6,18H,(H,17,19)(H,20,21). The van der Waals surface area contributed by atoms with Crippen LogP contribution >= 0.6 is 22.6 Å². The summed E-state index contributed by atoms with van der Waals surface area (Å²) >= 11 is 1.91. The highest BCUT2D eigenvalue weighted by atomic mass is 127. The molecule has 0 saturated carbocycles. The summed E-state index contributed by atoms with van der Waals surface area (Å²) in [5, 5.41) is 20.6. The molecule has 0 radical (unpaired) electrons. The second-order valence-electron chi connectivity index (χ2n) is 4.12. The number of hydrogen-bond donors (Lipinski definition) is 3. The summed E-state index contributed by atoms with van der Waals surface area (Å²) in [4.78, 5) is 22.6. The first kappa shape index (κ1) is 15.2. The van der Waals surface area contributed by atoms with Crippen molar-refractivity contribution >= 4 is 40.2 Å². The topological polar surface area (TPSA) is 86.6 Å². The number of amides is 1. The van der Waals surface area contributed by atoms with E-state index in [4.69, 9.17) is 5.11 Å². The highest BCUT2D eigenvalue weighted by molar-refractivity contribution is 14.1. The fourth-order valence-electron chi connectivity index (χ4n) is 1.60. The largest absolute Gasteiger partial charge is 0.507 e. The molecule has 2 rings (SSSR count). The fraction of sp³-hybridized carbons (Fsp3) is 0. The molecule has 0 aliphatic rings. The highest BCUT2D eigenvalue weighted by Gasteiger charge is 2.13. The van der Waals surface area contributed by atoms with Crippen molar-refractivity contribution in [2.24, 2.45) is 0 Å². The Morgan fingerprint density at radius 1 is 1.10 bits per heavy atom. The van der Waals surface area contributed by atoms with Crippen LogP contribution in [0.5, 0.6) is 5.75 Å². The van der Waals surface area contributed by atoms with E-state index in [9.17, 15) is 19.1 Å². The Morgan fingerprint density at radius 2 is 1.76 bits per heavy atom. The fourth-order valence-corrected chi connectivity index (χ4v) is 1.93. The lowest BCUT2D eigenvalue weighted by Crippen LogP contribution is -2.13. The van der Waals surface area contributed by atoms with Gasteiger partial charge in [0.25, 0.3) is 5.91 Å². The second-order valence-corrected chi connectivity index (χ2v) is 5.28. The minimum atomic E-state index is -1.26. The first-order valence-electron chi connectivity index (χ1n) is 5.71. The smallest absolute Gasteiger partial charge is 0.335 e. The van der Waals surface area contributed by atoms with E-state index < -0.39 is 17.7 Å². The lowest BCUT2D eigenvalue weighted by Gasteiger charge is -2.08. The van der Waals surface area contributed by atoms with Gasteiger partial charge >= 0.3 is 5.97 Å². The molecule has 1 amide bonds. The number of carbonyl (C=O) groups is 2. The molecular formula is C14H9FINO4. The maximum atomic E-state index is 13.7. The second kappa shape index (κ2) is 6.08. The van der Waals surface area contributed by atoms with Crippen molar-refractivity contribution in [1.29, 1.82) is 0 Å². The van der Waals surface area contributed by atoms with Gasteiger partial charge in [0, 0.05) is 5.56 Å². The van der Waals surface area contributed by atoms with Gasteiger partial charge in [0.05, 0.1) is 14.8 Å². The van der Waals surface area contributed by atoms with Gasteiger partial charge in [-0.05, 0) is 59.0 Å². The average Bonchev–Trinajstić information content (AvgIpc) is 2.43. The number of anilines is 1. The average molecular weight is 401 g/mol. The van der Waals surface area contributed by atoms with Crippen molar-refractivity contribution in [2.45, 2.75) is 0 Å².